The van der Waals surface area contributed by atoms with Crippen LogP contribution < -0.4 is 4.90 Å². The maximum absolute atomic E-state index is 12.9. The van der Waals surface area contributed by atoms with Gasteiger partial charge >= 0.3 is 0 Å². The van der Waals surface area contributed by atoms with Gasteiger partial charge in [-0.2, -0.15) is 0 Å². The zero-order valence-corrected chi connectivity index (χ0v) is 19.1. The highest BCUT2D eigenvalue weighted by molar-refractivity contribution is 7.99. The summed E-state index contributed by atoms with van der Waals surface area (Å²) in [5.41, 5.74) is 4.40. The molecule has 0 bridgehead atoms. The number of rotatable bonds is 4. The molecule has 2 heterocycles. The van der Waals surface area contributed by atoms with Crippen LogP contribution in [0, 0.1) is 13.8 Å². The molecule has 4 rings (SSSR count). The summed E-state index contributed by atoms with van der Waals surface area (Å²) in [6, 6.07) is 12.4. The third-order valence-corrected chi connectivity index (χ3v) is 7.40. The molecule has 4 nitrogen and oxygen atoms in total. The van der Waals surface area contributed by atoms with E-state index in [1.165, 1.54) is 20.7 Å². The van der Waals surface area contributed by atoms with Crippen LogP contribution in [0.3, 0.4) is 0 Å². The highest BCUT2D eigenvalue weighted by Gasteiger charge is 2.24. The molecular formula is C23H27N3OS2. The number of thioether (sulfide) groups is 1. The highest BCUT2D eigenvalue weighted by atomic mass is 32.2. The van der Waals surface area contributed by atoms with Gasteiger partial charge in [0, 0.05) is 41.9 Å². The lowest BCUT2D eigenvalue weighted by Gasteiger charge is -2.34. The molecule has 1 aliphatic rings. The van der Waals surface area contributed by atoms with E-state index < -0.39 is 0 Å². The number of thiazole rings is 1. The van der Waals surface area contributed by atoms with Crippen molar-refractivity contribution < 1.29 is 4.79 Å². The topological polar surface area (TPSA) is 36.4 Å². The van der Waals surface area contributed by atoms with E-state index in [9.17, 15) is 4.79 Å². The fourth-order valence-corrected chi connectivity index (χ4v) is 5.64. The maximum atomic E-state index is 12.9. The SMILES string of the molecule is Cc1cc(C)c2sc(N3CCN(C(=O)c4ccc(SC(C)C)cc4)CC3)nc2c1. The Morgan fingerprint density at radius 3 is 2.41 bits per heavy atom. The molecule has 29 heavy (non-hydrogen) atoms. The number of hydrogen-bond donors (Lipinski definition) is 0. The lowest BCUT2D eigenvalue weighted by atomic mass is 10.1. The van der Waals surface area contributed by atoms with Gasteiger partial charge in [0.05, 0.1) is 10.2 Å². The van der Waals surface area contributed by atoms with Crippen LogP contribution in [0.5, 0.6) is 0 Å². The standard InChI is InChI=1S/C23H27N3OS2/c1-15(2)28-19-7-5-18(6-8-19)22(27)25-9-11-26(12-10-25)23-24-20-14-16(3)13-17(4)21(20)29-23/h5-8,13-15H,9-12H2,1-4H3. The molecule has 1 fully saturated rings. The van der Waals surface area contributed by atoms with Crippen molar-refractivity contribution in [3.63, 3.8) is 0 Å². The van der Waals surface area contributed by atoms with Gasteiger partial charge < -0.3 is 9.80 Å². The van der Waals surface area contributed by atoms with Crippen LogP contribution in [0.15, 0.2) is 41.3 Å². The van der Waals surface area contributed by atoms with Crippen molar-refractivity contribution in [1.29, 1.82) is 0 Å². The second kappa shape index (κ2) is 8.36. The quantitative estimate of drug-likeness (QED) is 0.526. The number of fused-ring (bicyclic) bond motifs is 1. The summed E-state index contributed by atoms with van der Waals surface area (Å²) >= 11 is 3.58. The number of piperazine rings is 1. The number of nitrogens with zero attached hydrogens (tertiary/aromatic N) is 3. The number of aryl methyl sites for hydroxylation is 2. The van der Waals surface area contributed by atoms with E-state index in [2.05, 4.69) is 56.9 Å². The Bertz CT molecular complexity index is 1020. The van der Waals surface area contributed by atoms with Crippen molar-refractivity contribution in [2.24, 2.45) is 0 Å². The van der Waals surface area contributed by atoms with Gasteiger partial charge in [-0.15, -0.1) is 11.8 Å². The first-order valence-electron chi connectivity index (χ1n) is 10.1. The fraction of sp³-hybridized carbons (Fsp3) is 0.391. The van der Waals surface area contributed by atoms with Gasteiger partial charge in [0.1, 0.15) is 0 Å². The largest absolute Gasteiger partial charge is 0.345 e. The summed E-state index contributed by atoms with van der Waals surface area (Å²) in [5, 5.41) is 1.61. The van der Waals surface area contributed by atoms with Crippen molar-refractivity contribution in [2.45, 2.75) is 37.8 Å². The van der Waals surface area contributed by atoms with E-state index in [1.54, 1.807) is 11.3 Å². The molecule has 6 heteroatoms. The van der Waals surface area contributed by atoms with Crippen LogP contribution in [0.1, 0.15) is 35.3 Å². The fourth-order valence-electron chi connectivity index (χ4n) is 3.73. The van der Waals surface area contributed by atoms with Crippen molar-refractivity contribution >= 4 is 44.4 Å². The van der Waals surface area contributed by atoms with Gasteiger partial charge in [0.25, 0.3) is 5.91 Å². The van der Waals surface area contributed by atoms with Crippen molar-refractivity contribution in [2.75, 3.05) is 31.1 Å². The van der Waals surface area contributed by atoms with Gasteiger partial charge in [0.15, 0.2) is 5.13 Å². The number of amides is 1. The van der Waals surface area contributed by atoms with Crippen LogP contribution in [0.25, 0.3) is 10.2 Å². The molecule has 0 atom stereocenters. The highest BCUT2D eigenvalue weighted by Crippen LogP contribution is 2.32. The van der Waals surface area contributed by atoms with Crippen LogP contribution in [0.2, 0.25) is 0 Å². The summed E-state index contributed by atoms with van der Waals surface area (Å²) in [4.78, 5) is 23.2. The molecule has 3 aromatic rings. The minimum absolute atomic E-state index is 0.126. The summed E-state index contributed by atoms with van der Waals surface area (Å²) in [5.74, 6) is 0.126. The number of benzene rings is 2. The Hall–Kier alpha value is -2.05. The van der Waals surface area contributed by atoms with Crippen LogP contribution in [-0.4, -0.2) is 47.2 Å². The van der Waals surface area contributed by atoms with E-state index in [4.69, 9.17) is 4.98 Å². The normalized spacial score (nSPS) is 14.8. The number of aromatic nitrogens is 1. The van der Waals surface area contributed by atoms with Gasteiger partial charge in [-0.05, 0) is 55.3 Å². The third-order valence-electron chi connectivity index (χ3n) is 5.12. The van der Waals surface area contributed by atoms with Crippen molar-refractivity contribution in [3.05, 3.63) is 53.1 Å². The molecule has 2 aromatic carbocycles. The van der Waals surface area contributed by atoms with Gasteiger partial charge in [-0.1, -0.05) is 31.3 Å². The van der Waals surface area contributed by atoms with E-state index in [-0.39, 0.29) is 5.91 Å². The van der Waals surface area contributed by atoms with Gasteiger partial charge in [0.2, 0.25) is 0 Å². The predicted molar refractivity (Wildman–Crippen MR) is 125 cm³/mol. The van der Waals surface area contributed by atoms with Crippen molar-refractivity contribution in [1.82, 2.24) is 9.88 Å². The molecule has 1 aromatic heterocycles. The zero-order valence-electron chi connectivity index (χ0n) is 17.4. The molecule has 0 spiro atoms. The predicted octanol–water partition coefficient (Wildman–Crippen LogP) is 5.38. The lowest BCUT2D eigenvalue weighted by molar-refractivity contribution is 0.0746. The van der Waals surface area contributed by atoms with E-state index in [1.807, 2.05) is 28.8 Å². The van der Waals surface area contributed by atoms with Gasteiger partial charge in [-0.3, -0.25) is 4.79 Å². The summed E-state index contributed by atoms with van der Waals surface area (Å²) in [6.45, 7) is 11.7. The maximum Gasteiger partial charge on any atom is 0.253 e. The molecule has 1 saturated heterocycles. The average molecular weight is 426 g/mol. The van der Waals surface area contributed by atoms with E-state index in [0.717, 1.165) is 42.4 Å². The Balaban J connectivity index is 1.41. The van der Waals surface area contributed by atoms with Crippen LogP contribution in [0.4, 0.5) is 5.13 Å². The summed E-state index contributed by atoms with van der Waals surface area (Å²) < 4.78 is 1.27. The van der Waals surface area contributed by atoms with Crippen molar-refractivity contribution in [3.8, 4) is 0 Å². The van der Waals surface area contributed by atoms with Crippen LogP contribution >= 0.6 is 23.1 Å². The summed E-state index contributed by atoms with van der Waals surface area (Å²) in [7, 11) is 0. The minimum Gasteiger partial charge on any atom is -0.345 e. The molecule has 0 aliphatic carbocycles. The zero-order chi connectivity index (χ0) is 20.5. The smallest absolute Gasteiger partial charge is 0.253 e. The Morgan fingerprint density at radius 2 is 1.76 bits per heavy atom. The monoisotopic (exact) mass is 425 g/mol. The van der Waals surface area contributed by atoms with E-state index >= 15 is 0 Å². The first kappa shape index (κ1) is 20.2. The Labute approximate surface area is 180 Å². The average Bonchev–Trinajstić information content (AvgIpc) is 3.12. The minimum atomic E-state index is 0.126. The molecular weight excluding hydrogens is 398 g/mol. The number of carbonyl (C=O) groups is 1. The molecule has 0 unspecified atom stereocenters. The number of anilines is 1. The third kappa shape index (κ3) is 4.43. The Kier molecular flexibility index (Phi) is 5.83. The molecule has 0 saturated carbocycles. The Morgan fingerprint density at radius 1 is 1.07 bits per heavy atom. The number of hydrogen-bond acceptors (Lipinski definition) is 5. The van der Waals surface area contributed by atoms with Gasteiger partial charge in [-0.25, -0.2) is 4.98 Å². The molecule has 0 N–H and O–H groups in total. The second-order valence-electron chi connectivity index (χ2n) is 7.90. The second-order valence-corrected chi connectivity index (χ2v) is 10.5. The van der Waals surface area contributed by atoms with E-state index in [0.29, 0.717) is 5.25 Å². The summed E-state index contributed by atoms with van der Waals surface area (Å²) in [6.07, 6.45) is 0. The van der Waals surface area contributed by atoms with Crippen LogP contribution in [-0.2, 0) is 0 Å². The molecule has 0 radical (unpaired) electrons. The first-order valence-corrected chi connectivity index (χ1v) is 11.8. The molecule has 1 aliphatic heterocycles. The molecule has 152 valence electrons. The first-order chi connectivity index (χ1) is 13.9. The molecule has 1 amide bonds. The lowest BCUT2D eigenvalue weighted by Crippen LogP contribution is -2.48. The number of carbonyl (C=O) groups excluding carboxylic acids is 1.